The van der Waals surface area contributed by atoms with E-state index in [9.17, 15) is 13.2 Å². The summed E-state index contributed by atoms with van der Waals surface area (Å²) in [7, 11) is -2.21. The van der Waals surface area contributed by atoms with Crippen LogP contribution in [0, 0.1) is 6.92 Å². The third kappa shape index (κ3) is 4.15. The number of methoxy groups -OCH3 is 1. The Balaban J connectivity index is 2.05. The molecule has 2 aromatic rings. The lowest BCUT2D eigenvalue weighted by atomic mass is 10.2. The number of amides is 1. The first kappa shape index (κ1) is 17.1. The number of aromatic nitrogens is 1. The molecule has 23 heavy (non-hydrogen) atoms. The van der Waals surface area contributed by atoms with E-state index < -0.39 is 15.9 Å². The number of ether oxygens (including phenoxy) is 1. The van der Waals surface area contributed by atoms with Crippen molar-refractivity contribution in [3.8, 4) is 0 Å². The number of nitrogens with one attached hydrogen (secondary N) is 1. The molecule has 0 saturated carbocycles. The molecule has 0 bridgehead atoms. The van der Waals surface area contributed by atoms with Crippen LogP contribution in [-0.4, -0.2) is 26.6 Å². The van der Waals surface area contributed by atoms with Gasteiger partial charge in [-0.1, -0.05) is 17.3 Å². The molecule has 1 aromatic carbocycles. The summed E-state index contributed by atoms with van der Waals surface area (Å²) in [5.41, 5.74) is 1.49. The highest BCUT2D eigenvalue weighted by molar-refractivity contribution is 7.89. The molecule has 0 fully saturated rings. The Kier molecular flexibility index (Phi) is 5.14. The number of aryl methyl sites for hydroxylation is 1. The van der Waals surface area contributed by atoms with Gasteiger partial charge in [0.2, 0.25) is 10.0 Å². The minimum atomic E-state index is -3.73. The molecule has 1 aromatic heterocycles. The van der Waals surface area contributed by atoms with Gasteiger partial charge in [-0.15, -0.1) is 0 Å². The molecule has 0 aliphatic heterocycles. The van der Waals surface area contributed by atoms with Crippen molar-refractivity contribution in [2.75, 3.05) is 7.11 Å². The maximum Gasteiger partial charge on any atom is 0.274 e. The van der Waals surface area contributed by atoms with Crippen molar-refractivity contribution in [2.45, 2.75) is 25.0 Å². The van der Waals surface area contributed by atoms with Crippen LogP contribution >= 0.6 is 0 Å². The zero-order valence-electron chi connectivity index (χ0n) is 12.7. The van der Waals surface area contributed by atoms with E-state index in [-0.39, 0.29) is 23.7 Å². The summed E-state index contributed by atoms with van der Waals surface area (Å²) in [6.45, 7) is 2.13. The van der Waals surface area contributed by atoms with Gasteiger partial charge in [0.1, 0.15) is 5.76 Å². The van der Waals surface area contributed by atoms with Crippen LogP contribution in [0.1, 0.15) is 27.4 Å². The number of nitrogens with zero attached hydrogens (tertiary/aromatic N) is 1. The minimum absolute atomic E-state index is 0.0158. The second-order valence-corrected chi connectivity index (χ2v) is 6.43. The SMILES string of the molecule is COCc1c(C(=O)NCc2ccc(S(N)(=O)=O)cc2)noc1C. The van der Waals surface area contributed by atoms with Crippen LogP contribution in [0.5, 0.6) is 0 Å². The van der Waals surface area contributed by atoms with Crippen LogP contribution in [0.15, 0.2) is 33.7 Å². The van der Waals surface area contributed by atoms with E-state index >= 15 is 0 Å². The number of hydrogen-bond donors (Lipinski definition) is 2. The number of primary sulfonamides is 1. The summed E-state index contributed by atoms with van der Waals surface area (Å²) in [6, 6.07) is 5.91. The Morgan fingerprint density at radius 2 is 2.00 bits per heavy atom. The van der Waals surface area contributed by atoms with Gasteiger partial charge in [0, 0.05) is 13.7 Å². The Bertz CT molecular complexity index is 796. The molecule has 8 nitrogen and oxygen atoms in total. The van der Waals surface area contributed by atoms with E-state index in [2.05, 4.69) is 10.5 Å². The Labute approximate surface area is 133 Å². The van der Waals surface area contributed by atoms with Crippen LogP contribution in [0.4, 0.5) is 0 Å². The third-order valence-corrected chi connectivity index (χ3v) is 4.12. The first-order valence-electron chi connectivity index (χ1n) is 6.67. The molecule has 0 atom stereocenters. The maximum atomic E-state index is 12.1. The molecule has 2 rings (SSSR count). The fourth-order valence-corrected chi connectivity index (χ4v) is 2.46. The monoisotopic (exact) mass is 339 g/mol. The van der Waals surface area contributed by atoms with E-state index in [1.165, 1.54) is 19.2 Å². The second kappa shape index (κ2) is 6.90. The van der Waals surface area contributed by atoms with Crippen molar-refractivity contribution in [1.29, 1.82) is 0 Å². The average molecular weight is 339 g/mol. The van der Waals surface area contributed by atoms with Crippen molar-refractivity contribution in [3.05, 3.63) is 46.8 Å². The van der Waals surface area contributed by atoms with Gasteiger partial charge in [0.15, 0.2) is 5.69 Å². The number of nitrogens with two attached hydrogens (primary N) is 1. The molecule has 0 unspecified atom stereocenters. The van der Waals surface area contributed by atoms with Gasteiger partial charge < -0.3 is 14.6 Å². The summed E-state index contributed by atoms with van der Waals surface area (Å²) in [5.74, 6) is 0.124. The predicted octanol–water partition coefficient (Wildman–Crippen LogP) is 0.707. The highest BCUT2D eigenvalue weighted by atomic mass is 32.2. The average Bonchev–Trinajstić information content (AvgIpc) is 2.86. The molecule has 3 N–H and O–H groups in total. The highest BCUT2D eigenvalue weighted by Crippen LogP contribution is 2.15. The topological polar surface area (TPSA) is 125 Å². The normalized spacial score (nSPS) is 11.4. The summed E-state index contributed by atoms with van der Waals surface area (Å²) in [4.78, 5) is 12.2. The van der Waals surface area contributed by atoms with Crippen LogP contribution in [0.2, 0.25) is 0 Å². The quantitative estimate of drug-likeness (QED) is 0.798. The lowest BCUT2D eigenvalue weighted by Gasteiger charge is -2.06. The van der Waals surface area contributed by atoms with Gasteiger partial charge in [0.25, 0.3) is 5.91 Å². The molecular weight excluding hydrogens is 322 g/mol. The van der Waals surface area contributed by atoms with Gasteiger partial charge in [-0.3, -0.25) is 4.79 Å². The van der Waals surface area contributed by atoms with E-state index in [1.54, 1.807) is 19.1 Å². The second-order valence-electron chi connectivity index (χ2n) is 4.87. The Hall–Kier alpha value is -2.23. The number of benzene rings is 1. The molecule has 0 radical (unpaired) electrons. The number of hydrogen-bond acceptors (Lipinski definition) is 6. The van der Waals surface area contributed by atoms with Crippen LogP contribution < -0.4 is 10.5 Å². The van der Waals surface area contributed by atoms with Gasteiger partial charge in [0.05, 0.1) is 17.1 Å². The van der Waals surface area contributed by atoms with Crippen LogP contribution in [0.25, 0.3) is 0 Å². The Morgan fingerprint density at radius 3 is 2.57 bits per heavy atom. The van der Waals surface area contributed by atoms with E-state index in [1.807, 2.05) is 0 Å². The summed E-state index contributed by atoms with van der Waals surface area (Å²) >= 11 is 0. The molecule has 0 aliphatic carbocycles. The third-order valence-electron chi connectivity index (χ3n) is 3.19. The van der Waals surface area contributed by atoms with Gasteiger partial charge in [-0.2, -0.15) is 0 Å². The van der Waals surface area contributed by atoms with Crippen LogP contribution in [0.3, 0.4) is 0 Å². The fraction of sp³-hybridized carbons (Fsp3) is 0.286. The van der Waals surface area contributed by atoms with Gasteiger partial charge >= 0.3 is 0 Å². The van der Waals surface area contributed by atoms with E-state index in [4.69, 9.17) is 14.4 Å². The van der Waals surface area contributed by atoms with Crippen molar-refractivity contribution < 1.29 is 22.5 Å². The van der Waals surface area contributed by atoms with E-state index in [0.29, 0.717) is 11.3 Å². The largest absolute Gasteiger partial charge is 0.380 e. The molecule has 0 aliphatic rings. The summed E-state index contributed by atoms with van der Waals surface area (Å²) in [5, 5.41) is 11.4. The van der Waals surface area contributed by atoms with E-state index in [0.717, 1.165) is 5.56 Å². The summed E-state index contributed by atoms with van der Waals surface area (Å²) in [6.07, 6.45) is 0. The fourth-order valence-electron chi connectivity index (χ4n) is 1.95. The zero-order valence-corrected chi connectivity index (χ0v) is 13.5. The zero-order chi connectivity index (χ0) is 17.0. The standard InChI is InChI=1S/C14H17N3O5S/c1-9-12(8-21-2)13(17-22-9)14(18)16-7-10-3-5-11(6-4-10)23(15,19)20/h3-6H,7-8H2,1-2H3,(H,16,18)(H2,15,19,20). The molecule has 9 heteroatoms. The van der Waals surface area contributed by atoms with Gasteiger partial charge in [-0.25, -0.2) is 13.6 Å². The number of rotatable bonds is 6. The molecular formula is C14H17N3O5S. The number of sulfonamides is 1. The first-order chi connectivity index (χ1) is 10.8. The smallest absolute Gasteiger partial charge is 0.274 e. The molecule has 124 valence electrons. The Morgan fingerprint density at radius 1 is 1.35 bits per heavy atom. The highest BCUT2D eigenvalue weighted by Gasteiger charge is 2.19. The van der Waals surface area contributed by atoms with Gasteiger partial charge in [-0.05, 0) is 24.6 Å². The molecule has 0 saturated heterocycles. The minimum Gasteiger partial charge on any atom is -0.380 e. The van der Waals surface area contributed by atoms with Crippen molar-refractivity contribution in [1.82, 2.24) is 10.5 Å². The molecule has 1 heterocycles. The van der Waals surface area contributed by atoms with Crippen LogP contribution in [-0.2, 0) is 27.9 Å². The number of carbonyl (C=O) groups excluding carboxylic acids is 1. The molecule has 0 spiro atoms. The lowest BCUT2D eigenvalue weighted by molar-refractivity contribution is 0.0937. The predicted molar refractivity (Wildman–Crippen MR) is 80.9 cm³/mol. The van der Waals surface area contributed by atoms with Crippen molar-refractivity contribution in [3.63, 3.8) is 0 Å². The number of carbonyl (C=O) groups is 1. The molecule has 1 amide bonds. The first-order valence-corrected chi connectivity index (χ1v) is 8.21. The van der Waals surface area contributed by atoms with Crippen molar-refractivity contribution in [2.24, 2.45) is 5.14 Å². The maximum absolute atomic E-state index is 12.1. The van der Waals surface area contributed by atoms with Crippen molar-refractivity contribution >= 4 is 15.9 Å². The summed E-state index contributed by atoms with van der Waals surface area (Å²) < 4.78 is 32.4. The lowest BCUT2D eigenvalue weighted by Crippen LogP contribution is -2.24.